The monoisotopic (exact) mass is 378 g/mol. The summed E-state index contributed by atoms with van der Waals surface area (Å²) in [6.07, 6.45) is 1.43. The van der Waals surface area contributed by atoms with Gasteiger partial charge in [0.15, 0.2) is 11.3 Å². The van der Waals surface area contributed by atoms with Crippen LogP contribution in [0, 0.1) is 6.92 Å². The van der Waals surface area contributed by atoms with Crippen molar-refractivity contribution in [3.8, 4) is 5.75 Å². The van der Waals surface area contributed by atoms with E-state index in [1.807, 2.05) is 25.1 Å². The lowest BCUT2D eigenvalue weighted by molar-refractivity contribution is -0.123. The topological polar surface area (TPSA) is 63.8 Å². The van der Waals surface area contributed by atoms with Gasteiger partial charge in [-0.1, -0.05) is 26.0 Å². The largest absolute Gasteiger partial charge is 0.483 e. The maximum absolute atomic E-state index is 11.8. The molecule has 0 atom stereocenters. The van der Waals surface area contributed by atoms with Crippen LogP contribution in [0.2, 0.25) is 0 Å². The quantitative estimate of drug-likeness (QED) is 0.610. The number of furan rings is 1. The third-order valence-corrected chi connectivity index (χ3v) is 3.55. The summed E-state index contributed by atoms with van der Waals surface area (Å²) in [5.74, 6) is 1.26. The molecular weight excluding hydrogens is 360 g/mol. The molecule has 122 valence electrons. The fourth-order valence-corrected chi connectivity index (χ4v) is 2.30. The molecule has 1 aromatic carbocycles. The lowest BCUT2D eigenvalue weighted by atomic mass is 10.0. The van der Waals surface area contributed by atoms with Crippen molar-refractivity contribution >= 4 is 28.1 Å². The summed E-state index contributed by atoms with van der Waals surface area (Å²) < 4.78 is 11.5. The molecule has 0 spiro atoms. The number of ether oxygens (including phenoxy) is 1. The Morgan fingerprint density at radius 1 is 1.39 bits per heavy atom. The van der Waals surface area contributed by atoms with Crippen molar-refractivity contribution < 1.29 is 13.9 Å². The Morgan fingerprint density at radius 3 is 2.83 bits per heavy atom. The normalized spacial score (nSPS) is 11.2. The van der Waals surface area contributed by atoms with Gasteiger partial charge < -0.3 is 9.15 Å². The number of benzene rings is 1. The first-order chi connectivity index (χ1) is 11.0. The summed E-state index contributed by atoms with van der Waals surface area (Å²) >= 11 is 3.19. The van der Waals surface area contributed by atoms with Crippen molar-refractivity contribution in [2.75, 3.05) is 6.61 Å². The minimum absolute atomic E-state index is 0.0949. The van der Waals surface area contributed by atoms with E-state index in [9.17, 15) is 4.79 Å². The summed E-state index contributed by atoms with van der Waals surface area (Å²) in [5.41, 5.74) is 4.57. The first kappa shape index (κ1) is 17.3. The molecule has 23 heavy (non-hydrogen) atoms. The second-order valence-corrected chi connectivity index (χ2v) is 6.20. The molecule has 0 unspecified atom stereocenters. The van der Waals surface area contributed by atoms with Crippen LogP contribution >= 0.6 is 15.9 Å². The Balaban J connectivity index is 1.89. The first-order valence-electron chi connectivity index (χ1n) is 7.26. The zero-order chi connectivity index (χ0) is 16.8. The number of carbonyl (C=O) groups is 1. The predicted molar refractivity (Wildman–Crippen MR) is 92.9 cm³/mol. The SMILES string of the molecule is Cc1ccc(C(C)C)c(OCC(=O)N/N=C\c2ccc(Br)o2)c1. The average molecular weight is 379 g/mol. The van der Waals surface area contributed by atoms with Gasteiger partial charge in [0, 0.05) is 0 Å². The highest BCUT2D eigenvalue weighted by Crippen LogP contribution is 2.27. The molecule has 6 heteroatoms. The van der Waals surface area contributed by atoms with Gasteiger partial charge in [-0.05, 0) is 58.1 Å². The van der Waals surface area contributed by atoms with Crippen molar-refractivity contribution in [1.29, 1.82) is 0 Å². The maximum Gasteiger partial charge on any atom is 0.277 e. The highest BCUT2D eigenvalue weighted by atomic mass is 79.9. The molecule has 5 nitrogen and oxygen atoms in total. The molecule has 1 aromatic heterocycles. The minimum atomic E-state index is -0.330. The van der Waals surface area contributed by atoms with Crippen molar-refractivity contribution in [1.82, 2.24) is 5.43 Å². The maximum atomic E-state index is 11.8. The zero-order valence-corrected chi connectivity index (χ0v) is 14.9. The third-order valence-electron chi connectivity index (χ3n) is 3.12. The van der Waals surface area contributed by atoms with Gasteiger partial charge in [-0.15, -0.1) is 0 Å². The van der Waals surface area contributed by atoms with Gasteiger partial charge in [-0.25, -0.2) is 5.43 Å². The van der Waals surface area contributed by atoms with Crippen molar-refractivity contribution in [3.63, 3.8) is 0 Å². The third kappa shape index (κ3) is 5.25. The van der Waals surface area contributed by atoms with E-state index in [1.54, 1.807) is 12.1 Å². The van der Waals surface area contributed by atoms with Crippen LogP contribution in [0.3, 0.4) is 0 Å². The second kappa shape index (κ2) is 7.97. The fourth-order valence-electron chi connectivity index (χ4n) is 1.98. The smallest absolute Gasteiger partial charge is 0.277 e. The van der Waals surface area contributed by atoms with E-state index in [2.05, 4.69) is 40.3 Å². The van der Waals surface area contributed by atoms with Gasteiger partial charge in [-0.2, -0.15) is 5.10 Å². The van der Waals surface area contributed by atoms with Gasteiger partial charge in [-0.3, -0.25) is 4.79 Å². The summed E-state index contributed by atoms with van der Waals surface area (Å²) in [5, 5.41) is 3.82. The fraction of sp³-hybridized carbons (Fsp3) is 0.294. The molecule has 0 saturated heterocycles. The second-order valence-electron chi connectivity index (χ2n) is 5.42. The Kier molecular flexibility index (Phi) is 5.98. The molecule has 2 rings (SSSR count). The summed E-state index contributed by atoms with van der Waals surface area (Å²) in [7, 11) is 0. The van der Waals surface area contributed by atoms with Crippen molar-refractivity contribution in [2.45, 2.75) is 26.7 Å². The Morgan fingerprint density at radius 2 is 2.17 bits per heavy atom. The van der Waals surface area contributed by atoms with Gasteiger partial charge in [0.05, 0.1) is 6.21 Å². The molecule has 0 aliphatic carbocycles. The predicted octanol–water partition coefficient (Wildman–Crippen LogP) is 4.00. The van der Waals surface area contributed by atoms with E-state index >= 15 is 0 Å². The Hall–Kier alpha value is -2.08. The van der Waals surface area contributed by atoms with Crippen LogP contribution in [0.4, 0.5) is 0 Å². The number of nitrogens with zero attached hydrogens (tertiary/aromatic N) is 1. The summed E-state index contributed by atoms with van der Waals surface area (Å²) in [6.45, 7) is 6.07. The van der Waals surface area contributed by atoms with Crippen LogP contribution in [-0.2, 0) is 4.79 Å². The molecule has 1 heterocycles. The van der Waals surface area contributed by atoms with Gasteiger partial charge in [0.1, 0.15) is 11.5 Å². The van der Waals surface area contributed by atoms with E-state index < -0.39 is 0 Å². The van der Waals surface area contributed by atoms with Crippen LogP contribution in [0.15, 0.2) is 44.5 Å². The average Bonchev–Trinajstić information content (AvgIpc) is 2.90. The van der Waals surface area contributed by atoms with E-state index in [1.165, 1.54) is 6.21 Å². The highest BCUT2D eigenvalue weighted by Gasteiger charge is 2.10. The van der Waals surface area contributed by atoms with Gasteiger partial charge >= 0.3 is 0 Å². The molecule has 0 aliphatic heterocycles. The van der Waals surface area contributed by atoms with E-state index in [4.69, 9.17) is 9.15 Å². The Labute approximate surface area is 143 Å². The lowest BCUT2D eigenvalue weighted by Crippen LogP contribution is -2.24. The lowest BCUT2D eigenvalue weighted by Gasteiger charge is -2.14. The summed E-state index contributed by atoms with van der Waals surface area (Å²) in [6, 6.07) is 9.48. The van der Waals surface area contributed by atoms with Crippen LogP contribution in [0.5, 0.6) is 5.75 Å². The molecule has 1 amide bonds. The molecule has 0 radical (unpaired) electrons. The number of hydrogen-bond acceptors (Lipinski definition) is 4. The number of halogens is 1. The van der Waals surface area contributed by atoms with E-state index in [0.717, 1.165) is 16.9 Å². The van der Waals surface area contributed by atoms with E-state index in [-0.39, 0.29) is 12.5 Å². The number of carbonyl (C=O) groups excluding carboxylic acids is 1. The molecule has 2 aromatic rings. The van der Waals surface area contributed by atoms with Crippen LogP contribution in [-0.4, -0.2) is 18.7 Å². The van der Waals surface area contributed by atoms with Gasteiger partial charge in [0.25, 0.3) is 5.91 Å². The standard InChI is InChI=1S/C17H19BrN2O3/c1-11(2)14-6-4-12(3)8-15(14)22-10-17(21)20-19-9-13-5-7-16(18)23-13/h4-9,11H,10H2,1-3H3,(H,20,21)/b19-9-. The van der Waals surface area contributed by atoms with Gasteiger partial charge in [0.2, 0.25) is 0 Å². The summed E-state index contributed by atoms with van der Waals surface area (Å²) in [4.78, 5) is 11.8. The molecule has 0 saturated carbocycles. The molecule has 1 N–H and O–H groups in total. The van der Waals surface area contributed by atoms with E-state index in [0.29, 0.717) is 16.3 Å². The molecule has 0 fully saturated rings. The van der Waals surface area contributed by atoms with Crippen LogP contribution in [0.25, 0.3) is 0 Å². The first-order valence-corrected chi connectivity index (χ1v) is 8.05. The molecule has 0 aliphatic rings. The number of nitrogens with one attached hydrogen (secondary N) is 1. The molecule has 0 bridgehead atoms. The van der Waals surface area contributed by atoms with Crippen LogP contribution < -0.4 is 10.2 Å². The van der Waals surface area contributed by atoms with Crippen molar-refractivity contribution in [2.24, 2.45) is 5.10 Å². The van der Waals surface area contributed by atoms with Crippen LogP contribution in [0.1, 0.15) is 36.7 Å². The minimum Gasteiger partial charge on any atom is -0.483 e. The number of amides is 1. The highest BCUT2D eigenvalue weighted by molar-refractivity contribution is 9.10. The number of hydrazone groups is 1. The number of aryl methyl sites for hydroxylation is 1. The Bertz CT molecular complexity index is 708. The number of hydrogen-bond donors (Lipinski definition) is 1. The number of rotatable bonds is 6. The molecular formula is C17H19BrN2O3. The van der Waals surface area contributed by atoms with Crippen molar-refractivity contribution in [3.05, 3.63) is 51.9 Å². The zero-order valence-electron chi connectivity index (χ0n) is 13.3.